The molecule has 1 aliphatic carbocycles. The second-order valence-electron chi connectivity index (χ2n) is 18.2. The summed E-state index contributed by atoms with van der Waals surface area (Å²) in [6.07, 6.45) is 6.08. The Morgan fingerprint density at radius 1 is 0.849 bits per heavy atom. The molecule has 1 saturated carbocycles. The normalized spacial score (nSPS) is 55.0. The highest BCUT2D eigenvalue weighted by atomic mass is 16.8. The summed E-state index contributed by atoms with van der Waals surface area (Å²) in [6, 6.07) is 0. The monoisotopic (exact) mass is 741 g/mol. The Kier molecular flexibility index (Phi) is 9.12. The van der Waals surface area contributed by atoms with Crippen molar-refractivity contribution in [2.45, 2.75) is 187 Å². The van der Waals surface area contributed by atoms with E-state index in [1.54, 1.807) is 7.11 Å². The lowest BCUT2D eigenvalue weighted by Gasteiger charge is -2.80. The van der Waals surface area contributed by atoms with Crippen molar-refractivity contribution in [3.8, 4) is 0 Å². The second-order valence-corrected chi connectivity index (χ2v) is 18.2. The molecule has 10 aliphatic heterocycles. The third kappa shape index (κ3) is 5.83. The molecule has 0 amide bonds. The number of ether oxygens (including phenoxy) is 9. The van der Waals surface area contributed by atoms with Gasteiger partial charge in [0.2, 0.25) is 0 Å². The van der Waals surface area contributed by atoms with Gasteiger partial charge >= 0.3 is 0 Å². The number of carbonyl (C=O) groups is 1. The van der Waals surface area contributed by atoms with Crippen LogP contribution in [0.4, 0.5) is 0 Å². The highest BCUT2D eigenvalue weighted by Gasteiger charge is 2.86. The van der Waals surface area contributed by atoms with Crippen LogP contribution in [0, 0.1) is 23.7 Å². The molecule has 10 bridgehead atoms. The number of hydrogen-bond donors (Lipinski definition) is 2. The molecule has 12 nitrogen and oxygen atoms in total. The van der Waals surface area contributed by atoms with Crippen LogP contribution in [0.15, 0.2) is 24.3 Å². The number of rotatable bonds is 4. The molecule has 53 heavy (non-hydrogen) atoms. The number of aliphatic hydroxyl groups is 1. The van der Waals surface area contributed by atoms with Crippen molar-refractivity contribution in [3.63, 3.8) is 0 Å². The van der Waals surface area contributed by atoms with Gasteiger partial charge < -0.3 is 53.5 Å². The van der Waals surface area contributed by atoms with E-state index in [0.29, 0.717) is 25.7 Å². The van der Waals surface area contributed by atoms with E-state index in [1.165, 1.54) is 0 Å². The van der Waals surface area contributed by atoms with Gasteiger partial charge in [-0.15, -0.1) is 0 Å². The fourth-order valence-corrected chi connectivity index (χ4v) is 12.4. The van der Waals surface area contributed by atoms with Crippen LogP contribution in [0.1, 0.15) is 90.4 Å². The maximum Gasteiger partial charge on any atom is 0.187 e. The lowest BCUT2D eigenvalue weighted by atomic mass is 9.51. The zero-order chi connectivity index (χ0) is 36.4. The van der Waals surface area contributed by atoms with Crippen LogP contribution in [0.25, 0.3) is 0 Å². The van der Waals surface area contributed by atoms with Gasteiger partial charge in [0.15, 0.2) is 11.6 Å². The smallest absolute Gasteiger partial charge is 0.187 e. The van der Waals surface area contributed by atoms with Crippen LogP contribution >= 0.6 is 0 Å². The first-order valence-corrected chi connectivity index (χ1v) is 20.7. The van der Waals surface area contributed by atoms with E-state index in [-0.39, 0.29) is 116 Å². The Balaban J connectivity index is 0.935. The molecular weight excluding hydrogens is 682 g/mol. The zero-order valence-electron chi connectivity index (χ0n) is 31.3. The van der Waals surface area contributed by atoms with Crippen LogP contribution < -0.4 is 5.73 Å². The molecule has 11 aliphatic rings. The molecule has 294 valence electrons. The molecule has 20 atom stereocenters. The number of hydrogen-bond acceptors (Lipinski definition) is 12. The number of fused-ring (bicyclic) bond motifs is 6. The van der Waals surface area contributed by atoms with Gasteiger partial charge in [0.25, 0.3) is 0 Å². The fraction of sp³-hybridized carbons (Fsp3) is 0.878. The van der Waals surface area contributed by atoms with Crippen molar-refractivity contribution >= 4 is 5.78 Å². The number of ketones is 1. The summed E-state index contributed by atoms with van der Waals surface area (Å²) >= 11 is 0. The first kappa shape index (κ1) is 36.1. The highest BCUT2D eigenvalue weighted by Crippen LogP contribution is 2.72. The maximum absolute atomic E-state index is 14.1. The third-order valence-electron chi connectivity index (χ3n) is 15.0. The van der Waals surface area contributed by atoms with Gasteiger partial charge in [-0.2, -0.15) is 0 Å². The van der Waals surface area contributed by atoms with Gasteiger partial charge in [0, 0.05) is 58.1 Å². The van der Waals surface area contributed by atoms with Crippen molar-refractivity contribution in [1.29, 1.82) is 0 Å². The average molecular weight is 742 g/mol. The molecule has 2 spiro atoms. The lowest BCUT2D eigenvalue weighted by molar-refractivity contribution is -0.620. The summed E-state index contributed by atoms with van der Waals surface area (Å²) in [7, 11) is 1.66. The van der Waals surface area contributed by atoms with Crippen molar-refractivity contribution in [3.05, 3.63) is 24.3 Å². The first-order chi connectivity index (χ1) is 25.6. The van der Waals surface area contributed by atoms with Gasteiger partial charge in [-0.3, -0.25) is 4.79 Å². The number of carbonyl (C=O) groups excluding carboxylic acids is 1. The fourth-order valence-electron chi connectivity index (χ4n) is 12.4. The molecule has 12 heteroatoms. The van der Waals surface area contributed by atoms with Crippen LogP contribution in [-0.2, 0) is 47.4 Å². The van der Waals surface area contributed by atoms with E-state index in [9.17, 15) is 9.90 Å². The summed E-state index contributed by atoms with van der Waals surface area (Å²) in [5.74, 6) is -1.03. The molecule has 0 aromatic heterocycles. The lowest BCUT2D eigenvalue weighted by Crippen LogP contribution is -2.93. The molecule has 11 fully saturated rings. The van der Waals surface area contributed by atoms with E-state index in [0.717, 1.165) is 62.5 Å². The molecule has 10 saturated heterocycles. The molecule has 6 unspecified atom stereocenters. The van der Waals surface area contributed by atoms with Gasteiger partial charge in [-0.05, 0) is 62.0 Å². The molecule has 11 rings (SSSR count). The van der Waals surface area contributed by atoms with Gasteiger partial charge in [0.05, 0.1) is 85.1 Å². The average Bonchev–Trinajstić information content (AvgIpc) is 3.64. The number of nitrogens with two attached hydrogens (primary N) is 1. The van der Waals surface area contributed by atoms with Crippen molar-refractivity contribution in [1.82, 2.24) is 0 Å². The van der Waals surface area contributed by atoms with Crippen LogP contribution in [0.5, 0.6) is 0 Å². The van der Waals surface area contributed by atoms with Crippen molar-refractivity contribution in [2.75, 3.05) is 13.7 Å². The second kappa shape index (κ2) is 13.4. The quantitative estimate of drug-likeness (QED) is 0.406. The van der Waals surface area contributed by atoms with E-state index in [4.69, 9.17) is 48.4 Å². The highest BCUT2D eigenvalue weighted by molar-refractivity contribution is 5.79. The number of aliphatic hydroxyl groups excluding tert-OH is 1. The Morgan fingerprint density at radius 3 is 2.49 bits per heavy atom. The molecular formula is C41H59NO11. The SMILES string of the molecule is C=C1CC2CC[C@]34C[C@H]5OC6(O3)C3C(O4)[C@H]4O[C@H](CC[C@@H]4O[C@H]3C56)CC(=O)C[C@@H]3[C@@H](OC)[C@@H](CC(O)CN)O[C@H]3C[C@H]3O[C@@H](CC[C@@H]1O2)C[C@@H](C)C3=C. The van der Waals surface area contributed by atoms with Crippen LogP contribution in [-0.4, -0.2) is 122 Å². The predicted octanol–water partition coefficient (Wildman–Crippen LogP) is 3.64. The van der Waals surface area contributed by atoms with E-state index >= 15 is 0 Å². The van der Waals surface area contributed by atoms with Crippen molar-refractivity contribution < 1.29 is 52.5 Å². The van der Waals surface area contributed by atoms with Crippen LogP contribution in [0.3, 0.4) is 0 Å². The largest absolute Gasteiger partial charge is 0.392 e. The minimum Gasteiger partial charge on any atom is -0.392 e. The summed E-state index contributed by atoms with van der Waals surface area (Å²) in [5.41, 5.74) is 8.03. The minimum absolute atomic E-state index is 0.0107. The Bertz CT molecular complexity index is 1480. The Morgan fingerprint density at radius 2 is 1.66 bits per heavy atom. The Hall–Kier alpha value is -1.29. The number of Topliss-reactive ketones (excluding diaryl/α,β-unsaturated/α-hetero) is 1. The summed E-state index contributed by atoms with van der Waals surface area (Å²) in [4.78, 5) is 14.1. The zero-order valence-corrected chi connectivity index (χ0v) is 31.3. The summed E-state index contributed by atoms with van der Waals surface area (Å²) < 4.78 is 60.3. The van der Waals surface area contributed by atoms with E-state index in [1.807, 2.05) is 0 Å². The summed E-state index contributed by atoms with van der Waals surface area (Å²) in [5, 5.41) is 10.6. The minimum atomic E-state index is -0.747. The van der Waals surface area contributed by atoms with Crippen molar-refractivity contribution in [2.24, 2.45) is 29.4 Å². The summed E-state index contributed by atoms with van der Waals surface area (Å²) in [6.45, 7) is 11.3. The molecule has 0 aromatic rings. The van der Waals surface area contributed by atoms with Crippen LogP contribution in [0.2, 0.25) is 0 Å². The molecule has 0 aromatic carbocycles. The molecule has 10 heterocycles. The van der Waals surface area contributed by atoms with Gasteiger partial charge in [-0.25, -0.2) is 0 Å². The van der Waals surface area contributed by atoms with Gasteiger partial charge in [0.1, 0.15) is 18.0 Å². The van der Waals surface area contributed by atoms with E-state index < -0.39 is 23.8 Å². The van der Waals surface area contributed by atoms with E-state index in [2.05, 4.69) is 20.1 Å². The number of methoxy groups -OCH3 is 1. The third-order valence-corrected chi connectivity index (χ3v) is 15.0. The standard InChI is InChI=1S/C41H59NO11/c1-19-11-24-5-7-28-20(2)12-26(46-28)9-10-40-17-33-34-38-35(41(34,51-33)53-40)39(52-40)37-29(50-38)8-6-25(48-37)13-22(43)14-27-31(16-30(47-24)21(19)3)49-32(36(27)45-4)15-23(44)18-42/h19,23-39,44H,2-3,5-18,42H2,1,4H3/t19-,23?,24+,25-,26?,27+,28+,29+,30-,31+,32-,33-,34?,35?,36-,37+,38+,39?,40-,41?/m1/s1. The Labute approximate surface area is 312 Å². The first-order valence-electron chi connectivity index (χ1n) is 20.7. The molecule has 3 N–H and O–H groups in total. The topological polar surface area (TPSA) is 146 Å². The predicted molar refractivity (Wildman–Crippen MR) is 188 cm³/mol. The van der Waals surface area contributed by atoms with Gasteiger partial charge in [-0.1, -0.05) is 20.1 Å². The maximum atomic E-state index is 14.1. The molecule has 0 radical (unpaired) electrons.